The lowest BCUT2D eigenvalue weighted by Crippen LogP contribution is -2.43. The molecule has 1 heterocycles. The molecule has 0 aliphatic heterocycles. The zero-order valence-electron chi connectivity index (χ0n) is 11.0. The monoisotopic (exact) mass is 286 g/mol. The first-order valence-electron chi connectivity index (χ1n) is 5.97. The van der Waals surface area contributed by atoms with Crippen LogP contribution in [-0.4, -0.2) is 47.6 Å². The van der Waals surface area contributed by atoms with Gasteiger partial charge in [-0.1, -0.05) is 13.0 Å². The largest absolute Gasteiger partial charge is 0.480 e. The number of nitrogens with zero attached hydrogens (tertiary/aromatic N) is 2. The highest BCUT2D eigenvalue weighted by molar-refractivity contribution is 7.89. The Morgan fingerprint density at radius 3 is 2.63 bits per heavy atom. The van der Waals surface area contributed by atoms with Crippen LogP contribution in [0.25, 0.3) is 0 Å². The van der Waals surface area contributed by atoms with Crippen LogP contribution in [0.2, 0.25) is 0 Å². The number of hydrogen-bond donors (Lipinski definition) is 1. The fourth-order valence-electron chi connectivity index (χ4n) is 1.70. The third kappa shape index (κ3) is 4.29. The van der Waals surface area contributed by atoms with Gasteiger partial charge in [0.05, 0.1) is 5.75 Å². The molecule has 1 unspecified atom stereocenters. The standard InChI is InChI=1S/C12H18N2O4S/c1-3-11(12(15)16)14(2)19(17,18)9-7-10-6-4-5-8-13-10/h4-6,8,11H,3,7,9H2,1-2H3,(H,15,16). The molecule has 1 aromatic rings. The van der Waals surface area contributed by atoms with Crippen molar-refractivity contribution in [2.45, 2.75) is 25.8 Å². The number of aryl methyl sites for hydroxylation is 1. The van der Waals surface area contributed by atoms with Crippen molar-refractivity contribution in [1.82, 2.24) is 9.29 Å². The molecule has 0 saturated carbocycles. The summed E-state index contributed by atoms with van der Waals surface area (Å²) in [6, 6.07) is 4.25. The van der Waals surface area contributed by atoms with E-state index in [-0.39, 0.29) is 18.6 Å². The van der Waals surface area contributed by atoms with Crippen molar-refractivity contribution >= 4 is 16.0 Å². The number of hydrogen-bond acceptors (Lipinski definition) is 4. The molecule has 1 rings (SSSR count). The van der Waals surface area contributed by atoms with E-state index < -0.39 is 22.0 Å². The molecule has 0 radical (unpaired) electrons. The molecule has 0 spiro atoms. The second-order valence-electron chi connectivity index (χ2n) is 4.17. The van der Waals surface area contributed by atoms with E-state index in [2.05, 4.69) is 4.98 Å². The summed E-state index contributed by atoms with van der Waals surface area (Å²) in [6.45, 7) is 1.64. The maximum absolute atomic E-state index is 12.0. The van der Waals surface area contributed by atoms with E-state index in [9.17, 15) is 13.2 Å². The van der Waals surface area contributed by atoms with Crippen LogP contribution < -0.4 is 0 Å². The Balaban J connectivity index is 2.73. The van der Waals surface area contributed by atoms with E-state index in [1.165, 1.54) is 7.05 Å². The molecular formula is C12H18N2O4S. The Morgan fingerprint density at radius 1 is 1.47 bits per heavy atom. The molecular weight excluding hydrogens is 268 g/mol. The molecule has 1 atom stereocenters. The normalized spacial score (nSPS) is 13.4. The molecule has 0 fully saturated rings. The van der Waals surface area contributed by atoms with Crippen LogP contribution in [0, 0.1) is 0 Å². The number of likely N-dealkylation sites (N-methyl/N-ethyl adjacent to an activating group) is 1. The minimum Gasteiger partial charge on any atom is -0.480 e. The minimum atomic E-state index is -3.60. The van der Waals surface area contributed by atoms with Gasteiger partial charge in [0.15, 0.2) is 0 Å². The van der Waals surface area contributed by atoms with Crippen molar-refractivity contribution in [3.8, 4) is 0 Å². The van der Waals surface area contributed by atoms with Gasteiger partial charge in [0.25, 0.3) is 0 Å². The van der Waals surface area contributed by atoms with Crippen molar-refractivity contribution in [3.05, 3.63) is 30.1 Å². The summed E-state index contributed by atoms with van der Waals surface area (Å²) in [7, 11) is -2.30. The number of sulfonamides is 1. The zero-order chi connectivity index (χ0) is 14.5. The molecule has 0 amide bonds. The summed E-state index contributed by atoms with van der Waals surface area (Å²) < 4.78 is 25.0. The van der Waals surface area contributed by atoms with Crippen LogP contribution in [-0.2, 0) is 21.2 Å². The Labute approximate surface area is 113 Å². The van der Waals surface area contributed by atoms with Gasteiger partial charge in [-0.05, 0) is 18.6 Å². The first-order valence-corrected chi connectivity index (χ1v) is 7.57. The van der Waals surface area contributed by atoms with Crippen molar-refractivity contribution in [3.63, 3.8) is 0 Å². The number of pyridine rings is 1. The molecule has 0 aliphatic rings. The summed E-state index contributed by atoms with van der Waals surface area (Å²) in [5.74, 6) is -1.28. The maximum atomic E-state index is 12.0. The first kappa shape index (κ1) is 15.6. The van der Waals surface area contributed by atoms with Gasteiger partial charge >= 0.3 is 5.97 Å². The van der Waals surface area contributed by atoms with Crippen LogP contribution in [0.3, 0.4) is 0 Å². The second-order valence-corrected chi connectivity index (χ2v) is 6.31. The highest BCUT2D eigenvalue weighted by Gasteiger charge is 2.29. The van der Waals surface area contributed by atoms with Gasteiger partial charge in [0.2, 0.25) is 10.0 Å². The average molecular weight is 286 g/mol. The van der Waals surface area contributed by atoms with Crippen molar-refractivity contribution in [2.24, 2.45) is 0 Å². The second kappa shape index (κ2) is 6.63. The van der Waals surface area contributed by atoms with Gasteiger partial charge in [-0.2, -0.15) is 4.31 Å². The fourth-order valence-corrected chi connectivity index (χ4v) is 3.09. The van der Waals surface area contributed by atoms with E-state index in [1.54, 1.807) is 31.3 Å². The lowest BCUT2D eigenvalue weighted by atomic mass is 10.2. The summed E-state index contributed by atoms with van der Waals surface area (Å²) in [5.41, 5.74) is 0.669. The van der Waals surface area contributed by atoms with Gasteiger partial charge in [-0.15, -0.1) is 0 Å². The molecule has 0 bridgehead atoms. The maximum Gasteiger partial charge on any atom is 0.321 e. The van der Waals surface area contributed by atoms with E-state index in [1.807, 2.05) is 0 Å². The average Bonchev–Trinajstić information content (AvgIpc) is 2.38. The van der Waals surface area contributed by atoms with Gasteiger partial charge in [-0.25, -0.2) is 8.42 Å². The predicted molar refractivity (Wildman–Crippen MR) is 71.2 cm³/mol. The SMILES string of the molecule is CCC(C(=O)O)N(C)S(=O)(=O)CCc1ccccn1. The summed E-state index contributed by atoms with van der Waals surface area (Å²) in [4.78, 5) is 15.0. The molecule has 7 heteroatoms. The first-order chi connectivity index (χ1) is 8.88. The molecule has 1 N–H and O–H groups in total. The zero-order valence-corrected chi connectivity index (χ0v) is 11.8. The van der Waals surface area contributed by atoms with Crippen LogP contribution in [0.15, 0.2) is 24.4 Å². The highest BCUT2D eigenvalue weighted by atomic mass is 32.2. The number of aromatic nitrogens is 1. The third-order valence-electron chi connectivity index (χ3n) is 2.89. The number of carboxylic acids is 1. The van der Waals surface area contributed by atoms with Crippen LogP contribution >= 0.6 is 0 Å². The van der Waals surface area contributed by atoms with Crippen molar-refractivity contribution < 1.29 is 18.3 Å². The van der Waals surface area contributed by atoms with Gasteiger partial charge < -0.3 is 5.11 Å². The predicted octanol–water partition coefficient (Wildman–Crippen LogP) is 0.749. The lowest BCUT2D eigenvalue weighted by molar-refractivity contribution is -0.141. The Bertz CT molecular complexity index is 516. The van der Waals surface area contributed by atoms with E-state index in [4.69, 9.17) is 5.11 Å². The summed E-state index contributed by atoms with van der Waals surface area (Å²) in [6.07, 6.45) is 2.09. The third-order valence-corrected chi connectivity index (χ3v) is 4.74. The Kier molecular flexibility index (Phi) is 5.44. The van der Waals surface area contributed by atoms with Crippen LogP contribution in [0.4, 0.5) is 0 Å². The molecule has 0 aliphatic carbocycles. The van der Waals surface area contributed by atoms with Crippen molar-refractivity contribution in [1.29, 1.82) is 0 Å². The lowest BCUT2D eigenvalue weighted by Gasteiger charge is -2.22. The summed E-state index contributed by atoms with van der Waals surface area (Å²) >= 11 is 0. The van der Waals surface area contributed by atoms with E-state index >= 15 is 0 Å². The van der Waals surface area contributed by atoms with Crippen LogP contribution in [0.1, 0.15) is 19.0 Å². The number of carbonyl (C=O) groups is 1. The van der Waals surface area contributed by atoms with E-state index in [0.717, 1.165) is 4.31 Å². The fraction of sp³-hybridized carbons (Fsp3) is 0.500. The molecule has 106 valence electrons. The van der Waals surface area contributed by atoms with E-state index in [0.29, 0.717) is 5.69 Å². The number of aliphatic carboxylic acids is 1. The topological polar surface area (TPSA) is 87.6 Å². The smallest absolute Gasteiger partial charge is 0.321 e. The highest BCUT2D eigenvalue weighted by Crippen LogP contribution is 2.10. The molecule has 0 aromatic carbocycles. The van der Waals surface area contributed by atoms with Crippen LogP contribution in [0.5, 0.6) is 0 Å². The van der Waals surface area contributed by atoms with Crippen molar-refractivity contribution in [2.75, 3.05) is 12.8 Å². The van der Waals surface area contributed by atoms with Gasteiger partial charge in [0.1, 0.15) is 6.04 Å². The Morgan fingerprint density at radius 2 is 2.16 bits per heavy atom. The molecule has 0 saturated heterocycles. The number of rotatable bonds is 7. The summed E-state index contributed by atoms with van der Waals surface area (Å²) in [5, 5.41) is 8.97. The van der Waals surface area contributed by atoms with Gasteiger partial charge in [-0.3, -0.25) is 9.78 Å². The molecule has 6 nitrogen and oxygen atoms in total. The molecule has 1 aromatic heterocycles. The quantitative estimate of drug-likeness (QED) is 0.799. The Hall–Kier alpha value is -1.47. The number of carboxylic acid groups (broad SMARTS) is 1. The van der Waals surface area contributed by atoms with Gasteiger partial charge in [0, 0.05) is 25.4 Å². The molecule has 19 heavy (non-hydrogen) atoms. The minimum absolute atomic E-state index is 0.149.